The predicted octanol–water partition coefficient (Wildman–Crippen LogP) is 0.558. The number of fused-ring (bicyclic) bond motifs is 1. The van der Waals surface area contributed by atoms with Crippen LogP contribution in [0.2, 0.25) is 0 Å². The van der Waals surface area contributed by atoms with E-state index >= 15 is 0 Å². The number of aromatic amines is 1. The molecule has 1 heterocycles. The van der Waals surface area contributed by atoms with Crippen LogP contribution in [0, 0.1) is 12.1 Å². The fraction of sp³-hybridized carbons (Fsp3) is 0. The molecule has 1 aromatic heterocycles. The first kappa shape index (κ1) is 4.49. The number of H-pyrrole nitrogens is 1. The van der Waals surface area contributed by atoms with Gasteiger partial charge in [-0.3, -0.25) is 5.10 Å². The molecule has 2 aromatic rings. The Labute approximate surface area is 51.7 Å². The van der Waals surface area contributed by atoms with Crippen LogP contribution in [0.3, 0.4) is 0 Å². The third-order valence-electron chi connectivity index (χ3n) is 1.10. The molecule has 1 N–H and O–H groups in total. The summed E-state index contributed by atoms with van der Waals surface area (Å²) < 4.78 is 0. The number of nitrogens with zero attached hydrogens (tertiary/aromatic N) is 2. The van der Waals surface area contributed by atoms with Crippen LogP contribution in [0.1, 0.15) is 0 Å². The monoisotopic (exact) mass is 117 g/mol. The summed E-state index contributed by atoms with van der Waals surface area (Å²) in [6.45, 7) is 0. The average Bonchev–Trinajstić information content (AvgIpc) is 2.33. The summed E-state index contributed by atoms with van der Waals surface area (Å²) in [4.78, 5) is 0. The Morgan fingerprint density at radius 2 is 2.56 bits per heavy atom. The summed E-state index contributed by atoms with van der Waals surface area (Å²) in [6.07, 6.45) is 0. The van der Waals surface area contributed by atoms with Crippen molar-refractivity contribution in [2.75, 3.05) is 0 Å². The number of hydrogen-bond acceptors (Lipinski definition) is 2. The molecule has 2 rings (SSSR count). The molecule has 9 heavy (non-hydrogen) atoms. The molecule has 42 valence electrons. The van der Waals surface area contributed by atoms with Gasteiger partial charge in [0.15, 0.2) is 0 Å². The summed E-state index contributed by atoms with van der Waals surface area (Å²) in [5.74, 6) is 0. The Bertz CT molecular complexity index is 282. The van der Waals surface area contributed by atoms with Gasteiger partial charge in [0.1, 0.15) is 5.52 Å². The maximum Gasteiger partial charge on any atom is 0.121 e. The molecule has 1 aromatic carbocycles. The normalized spacial score (nSPS) is 10.2. The van der Waals surface area contributed by atoms with Crippen LogP contribution in [0.15, 0.2) is 12.1 Å². The van der Waals surface area contributed by atoms with Crippen LogP contribution in [-0.4, -0.2) is 15.4 Å². The maximum atomic E-state index is 3.73. The fourth-order valence-corrected chi connectivity index (χ4v) is 0.679. The Kier molecular flexibility index (Phi) is 0.773. The molecule has 0 atom stereocenters. The van der Waals surface area contributed by atoms with Crippen LogP contribution >= 0.6 is 0 Å². The van der Waals surface area contributed by atoms with E-state index in [1.807, 2.05) is 6.07 Å². The molecule has 0 saturated carbocycles. The quantitative estimate of drug-likeness (QED) is 0.547. The smallest absolute Gasteiger partial charge is 0.121 e. The second-order valence-corrected chi connectivity index (χ2v) is 1.68. The number of aromatic nitrogens is 3. The molecule has 0 bridgehead atoms. The Morgan fingerprint density at radius 3 is 3.44 bits per heavy atom. The molecule has 0 aliphatic heterocycles. The zero-order valence-electron chi connectivity index (χ0n) is 4.55. The molecule has 0 amide bonds. The van der Waals surface area contributed by atoms with E-state index in [2.05, 4.69) is 27.5 Å². The Morgan fingerprint density at radius 1 is 1.56 bits per heavy atom. The largest absolute Gasteiger partial charge is 0.258 e. The molecule has 3 nitrogen and oxygen atoms in total. The first-order valence-corrected chi connectivity index (χ1v) is 2.56. The zero-order valence-corrected chi connectivity index (χ0v) is 4.55. The minimum absolute atomic E-state index is 0.734. The number of rotatable bonds is 0. The van der Waals surface area contributed by atoms with Crippen molar-refractivity contribution in [2.24, 2.45) is 0 Å². The summed E-state index contributed by atoms with van der Waals surface area (Å²) in [6, 6.07) is 9.19. The van der Waals surface area contributed by atoms with Gasteiger partial charge in [0.05, 0.1) is 5.52 Å². The van der Waals surface area contributed by atoms with Crippen molar-refractivity contribution in [2.45, 2.75) is 0 Å². The molecule has 0 unspecified atom stereocenters. The van der Waals surface area contributed by atoms with E-state index in [0.29, 0.717) is 0 Å². The molecule has 0 saturated heterocycles. The van der Waals surface area contributed by atoms with Gasteiger partial charge in [-0.2, -0.15) is 0 Å². The lowest BCUT2D eigenvalue weighted by Gasteiger charge is -1.77. The number of hydrogen-bond donors (Lipinski definition) is 1. The van der Waals surface area contributed by atoms with Gasteiger partial charge in [-0.25, -0.2) is 0 Å². The first-order chi connectivity index (χ1) is 4.47. The maximum absolute atomic E-state index is 3.73. The summed E-state index contributed by atoms with van der Waals surface area (Å²) in [7, 11) is 0. The molecule has 0 fully saturated rings. The minimum atomic E-state index is 0.734. The second kappa shape index (κ2) is 1.55. The lowest BCUT2D eigenvalue weighted by molar-refractivity contribution is 0.959. The molecular formula is C6H3N3. The highest BCUT2D eigenvalue weighted by Gasteiger charge is 1.91. The van der Waals surface area contributed by atoms with Crippen molar-refractivity contribution >= 4 is 11.0 Å². The van der Waals surface area contributed by atoms with Gasteiger partial charge in [0.25, 0.3) is 0 Å². The SMILES string of the molecule is [c]1[c]c2nn[nH]c2cc1. The highest BCUT2D eigenvalue weighted by atomic mass is 15.3. The third kappa shape index (κ3) is 0.579. The third-order valence-corrected chi connectivity index (χ3v) is 1.10. The Balaban J connectivity index is 2.95. The second-order valence-electron chi connectivity index (χ2n) is 1.68. The first-order valence-electron chi connectivity index (χ1n) is 2.56. The van der Waals surface area contributed by atoms with Crippen LogP contribution in [-0.2, 0) is 0 Å². The van der Waals surface area contributed by atoms with Gasteiger partial charge in [0, 0.05) is 6.07 Å². The topological polar surface area (TPSA) is 41.6 Å². The standard InChI is InChI=1S/C6H3N3/c1-2-4-6-5(3-1)7-9-8-6/h1,3H,(H,7,8,9). The van der Waals surface area contributed by atoms with Gasteiger partial charge < -0.3 is 0 Å². The molecule has 2 radical (unpaired) electrons. The highest BCUT2D eigenvalue weighted by Crippen LogP contribution is 2.02. The van der Waals surface area contributed by atoms with Gasteiger partial charge in [-0.15, -0.1) is 5.10 Å². The van der Waals surface area contributed by atoms with E-state index in [-0.39, 0.29) is 0 Å². The zero-order chi connectivity index (χ0) is 6.10. The number of nitrogens with one attached hydrogen (secondary N) is 1. The Hall–Kier alpha value is -1.38. The van der Waals surface area contributed by atoms with Crippen LogP contribution < -0.4 is 0 Å². The van der Waals surface area contributed by atoms with Crippen LogP contribution in [0.4, 0.5) is 0 Å². The van der Waals surface area contributed by atoms with Crippen molar-refractivity contribution in [3.05, 3.63) is 24.3 Å². The molecule has 0 aliphatic rings. The summed E-state index contributed by atoms with van der Waals surface area (Å²) in [5, 5.41) is 10.0. The van der Waals surface area contributed by atoms with Gasteiger partial charge in [0.2, 0.25) is 0 Å². The van der Waals surface area contributed by atoms with Gasteiger partial charge >= 0.3 is 0 Å². The van der Waals surface area contributed by atoms with E-state index in [4.69, 9.17) is 0 Å². The lowest BCUT2D eigenvalue weighted by atomic mass is 10.3. The van der Waals surface area contributed by atoms with E-state index in [1.165, 1.54) is 0 Å². The van der Waals surface area contributed by atoms with Crippen LogP contribution in [0.25, 0.3) is 11.0 Å². The van der Waals surface area contributed by atoms with E-state index in [1.54, 1.807) is 6.07 Å². The lowest BCUT2D eigenvalue weighted by Crippen LogP contribution is -1.65. The number of benzene rings is 1. The van der Waals surface area contributed by atoms with Gasteiger partial charge in [-0.05, 0) is 12.1 Å². The summed E-state index contributed by atoms with van der Waals surface area (Å²) >= 11 is 0. The minimum Gasteiger partial charge on any atom is -0.258 e. The van der Waals surface area contributed by atoms with Gasteiger partial charge in [-0.1, -0.05) is 11.3 Å². The van der Waals surface area contributed by atoms with E-state index in [0.717, 1.165) is 11.0 Å². The van der Waals surface area contributed by atoms with Crippen molar-refractivity contribution in [1.82, 2.24) is 15.4 Å². The van der Waals surface area contributed by atoms with Crippen molar-refractivity contribution in [3.8, 4) is 0 Å². The molecule has 3 heteroatoms. The van der Waals surface area contributed by atoms with E-state index in [9.17, 15) is 0 Å². The molecule has 0 spiro atoms. The van der Waals surface area contributed by atoms with Crippen LogP contribution in [0.5, 0.6) is 0 Å². The summed E-state index contributed by atoms with van der Waals surface area (Å²) in [5.41, 5.74) is 1.63. The van der Waals surface area contributed by atoms with Crippen molar-refractivity contribution in [3.63, 3.8) is 0 Å². The predicted molar refractivity (Wildman–Crippen MR) is 31.6 cm³/mol. The molecule has 0 aliphatic carbocycles. The van der Waals surface area contributed by atoms with Crippen molar-refractivity contribution < 1.29 is 0 Å². The van der Waals surface area contributed by atoms with E-state index < -0.39 is 0 Å². The highest BCUT2D eigenvalue weighted by molar-refractivity contribution is 5.71. The average molecular weight is 117 g/mol. The van der Waals surface area contributed by atoms with Crippen molar-refractivity contribution in [1.29, 1.82) is 0 Å². The molecular weight excluding hydrogens is 114 g/mol. The fourth-order valence-electron chi connectivity index (χ4n) is 0.679.